The van der Waals surface area contributed by atoms with Gasteiger partial charge in [-0.2, -0.15) is 0 Å². The average Bonchev–Trinajstić information content (AvgIpc) is 3.18. The number of hydrogen-bond donors (Lipinski definition) is 1. The van der Waals surface area contributed by atoms with Crippen molar-refractivity contribution in [3.05, 3.63) is 27.9 Å². The first-order valence-electron chi connectivity index (χ1n) is 8.52. The Bertz CT molecular complexity index is 942. The molecule has 4 rings (SSSR count). The smallest absolute Gasteiger partial charge is 0.296 e. The standard InChI is InChI=1S/C17H22N2O3S2/c1-10(2)19-15-6-5-13(9-16(15)23-17(19)20)24(21,22)18-14-8-11-3-4-12(14)7-11/h5-6,9-12,14,18H,3-4,7-8H2,1-2H3/t11-,12-,14+/m0/s1. The van der Waals surface area contributed by atoms with Gasteiger partial charge in [0.2, 0.25) is 10.0 Å². The van der Waals surface area contributed by atoms with Gasteiger partial charge in [0.1, 0.15) is 0 Å². The van der Waals surface area contributed by atoms with Crippen LogP contribution < -0.4 is 9.60 Å². The van der Waals surface area contributed by atoms with E-state index in [9.17, 15) is 13.2 Å². The summed E-state index contributed by atoms with van der Waals surface area (Å²) in [7, 11) is -3.54. The Balaban J connectivity index is 1.67. The number of sulfonamides is 1. The molecule has 0 unspecified atom stereocenters. The second-order valence-corrected chi connectivity index (χ2v) is 10.1. The number of thiazole rings is 1. The fraction of sp³-hybridized carbons (Fsp3) is 0.588. The highest BCUT2D eigenvalue weighted by Crippen LogP contribution is 2.44. The molecule has 2 aliphatic rings. The van der Waals surface area contributed by atoms with Crippen molar-refractivity contribution in [2.24, 2.45) is 11.8 Å². The second-order valence-electron chi connectivity index (χ2n) is 7.36. The lowest BCUT2D eigenvalue weighted by Gasteiger charge is -2.22. The largest absolute Gasteiger partial charge is 0.308 e. The van der Waals surface area contributed by atoms with Gasteiger partial charge in [-0.25, -0.2) is 13.1 Å². The summed E-state index contributed by atoms with van der Waals surface area (Å²) in [4.78, 5) is 12.3. The Labute approximate surface area is 145 Å². The summed E-state index contributed by atoms with van der Waals surface area (Å²) in [6.07, 6.45) is 4.50. The monoisotopic (exact) mass is 366 g/mol. The van der Waals surface area contributed by atoms with E-state index in [0.29, 0.717) is 11.8 Å². The number of hydrogen-bond acceptors (Lipinski definition) is 4. The molecule has 0 amide bonds. The lowest BCUT2D eigenvalue weighted by Crippen LogP contribution is -2.38. The second kappa shape index (κ2) is 5.68. The van der Waals surface area contributed by atoms with E-state index in [1.54, 1.807) is 22.8 Å². The summed E-state index contributed by atoms with van der Waals surface area (Å²) < 4.78 is 30.8. The van der Waals surface area contributed by atoms with Gasteiger partial charge in [-0.05, 0) is 63.1 Å². The first-order valence-corrected chi connectivity index (χ1v) is 10.8. The zero-order valence-corrected chi connectivity index (χ0v) is 15.5. The number of nitrogens with zero attached hydrogens (tertiary/aromatic N) is 1. The molecule has 2 fully saturated rings. The summed E-state index contributed by atoms with van der Waals surface area (Å²) in [5.41, 5.74) is 0.805. The van der Waals surface area contributed by atoms with Gasteiger partial charge in [-0.15, -0.1) is 0 Å². The molecule has 1 heterocycles. The predicted molar refractivity (Wildman–Crippen MR) is 96.0 cm³/mol. The third-order valence-electron chi connectivity index (χ3n) is 5.46. The molecule has 2 saturated carbocycles. The van der Waals surface area contributed by atoms with Crippen molar-refractivity contribution in [1.82, 2.24) is 9.29 Å². The van der Waals surface area contributed by atoms with Gasteiger partial charge in [0.25, 0.3) is 0 Å². The minimum atomic E-state index is -3.54. The number of rotatable bonds is 4. The minimum absolute atomic E-state index is 0.0457. The van der Waals surface area contributed by atoms with Crippen LogP contribution in [0.25, 0.3) is 10.2 Å². The number of aromatic nitrogens is 1. The summed E-state index contributed by atoms with van der Waals surface area (Å²) in [6.45, 7) is 3.91. The van der Waals surface area contributed by atoms with Gasteiger partial charge in [0.05, 0.1) is 15.1 Å². The molecule has 1 N–H and O–H groups in total. The lowest BCUT2D eigenvalue weighted by atomic mass is 9.96. The van der Waals surface area contributed by atoms with E-state index >= 15 is 0 Å². The molecule has 24 heavy (non-hydrogen) atoms. The van der Waals surface area contributed by atoms with E-state index in [2.05, 4.69) is 4.72 Å². The molecule has 1 aromatic heterocycles. The minimum Gasteiger partial charge on any atom is -0.296 e. The fourth-order valence-corrected chi connectivity index (χ4v) is 6.80. The highest BCUT2D eigenvalue weighted by Gasteiger charge is 2.41. The predicted octanol–water partition coefficient (Wildman–Crippen LogP) is 3.11. The normalized spacial score (nSPS) is 26.7. The van der Waals surface area contributed by atoms with Gasteiger partial charge in [0.15, 0.2) is 0 Å². The van der Waals surface area contributed by atoms with Crippen LogP contribution >= 0.6 is 11.3 Å². The maximum Gasteiger partial charge on any atom is 0.308 e. The first kappa shape index (κ1) is 16.3. The molecule has 1 aromatic carbocycles. The van der Waals surface area contributed by atoms with E-state index < -0.39 is 10.0 Å². The van der Waals surface area contributed by atoms with Crippen molar-refractivity contribution in [2.45, 2.75) is 56.5 Å². The van der Waals surface area contributed by atoms with E-state index in [1.807, 2.05) is 13.8 Å². The number of fused-ring (bicyclic) bond motifs is 3. The molecule has 0 spiro atoms. The van der Waals surface area contributed by atoms with Gasteiger partial charge >= 0.3 is 4.87 Å². The molecular weight excluding hydrogens is 344 g/mol. The van der Waals surface area contributed by atoms with Crippen molar-refractivity contribution in [3.8, 4) is 0 Å². The maximum absolute atomic E-state index is 12.7. The Morgan fingerprint density at radius 1 is 1.25 bits per heavy atom. The number of benzene rings is 1. The molecule has 5 nitrogen and oxygen atoms in total. The SMILES string of the molecule is CC(C)n1c(=O)sc2cc(S(=O)(=O)N[C@@H]3C[C@H]4CC[C@H]3C4)ccc21. The Morgan fingerprint density at radius 2 is 2.04 bits per heavy atom. The molecule has 2 bridgehead atoms. The van der Waals surface area contributed by atoms with Crippen LogP contribution in [0.5, 0.6) is 0 Å². The van der Waals surface area contributed by atoms with E-state index in [1.165, 1.54) is 6.42 Å². The van der Waals surface area contributed by atoms with E-state index in [0.717, 1.165) is 40.8 Å². The highest BCUT2D eigenvalue weighted by atomic mass is 32.2. The fourth-order valence-electron chi connectivity index (χ4n) is 4.33. The Kier molecular flexibility index (Phi) is 3.85. The molecule has 130 valence electrons. The summed E-state index contributed by atoms with van der Waals surface area (Å²) in [6, 6.07) is 5.13. The quantitative estimate of drug-likeness (QED) is 0.904. The summed E-state index contributed by atoms with van der Waals surface area (Å²) >= 11 is 1.11. The van der Waals surface area contributed by atoms with Crippen LogP contribution in [0.2, 0.25) is 0 Å². The van der Waals surface area contributed by atoms with Crippen molar-refractivity contribution < 1.29 is 8.42 Å². The Hall–Kier alpha value is -1.18. The van der Waals surface area contributed by atoms with Crippen LogP contribution in [-0.2, 0) is 10.0 Å². The van der Waals surface area contributed by atoms with Crippen LogP contribution in [-0.4, -0.2) is 19.0 Å². The van der Waals surface area contributed by atoms with E-state index in [4.69, 9.17) is 0 Å². The lowest BCUT2D eigenvalue weighted by molar-refractivity contribution is 0.390. The van der Waals surface area contributed by atoms with E-state index in [-0.39, 0.29) is 21.9 Å². The topological polar surface area (TPSA) is 68.2 Å². The van der Waals surface area contributed by atoms with Crippen molar-refractivity contribution in [3.63, 3.8) is 0 Å². The van der Waals surface area contributed by atoms with Crippen LogP contribution in [0.4, 0.5) is 0 Å². The summed E-state index contributed by atoms with van der Waals surface area (Å²) in [5, 5.41) is 0. The van der Waals surface area contributed by atoms with Crippen LogP contribution in [0, 0.1) is 11.8 Å². The van der Waals surface area contributed by atoms with Crippen LogP contribution in [0.15, 0.2) is 27.9 Å². The number of nitrogens with one attached hydrogen (secondary N) is 1. The van der Waals surface area contributed by atoms with Gasteiger partial charge in [-0.3, -0.25) is 9.36 Å². The van der Waals surface area contributed by atoms with Gasteiger partial charge in [-0.1, -0.05) is 17.8 Å². The molecule has 0 radical (unpaired) electrons. The molecule has 0 saturated heterocycles. The molecule has 7 heteroatoms. The molecule has 2 aliphatic carbocycles. The van der Waals surface area contributed by atoms with Crippen molar-refractivity contribution >= 4 is 31.6 Å². The highest BCUT2D eigenvalue weighted by molar-refractivity contribution is 7.89. The van der Waals surface area contributed by atoms with Crippen LogP contribution in [0.1, 0.15) is 45.6 Å². The first-order chi connectivity index (χ1) is 11.3. The van der Waals surface area contributed by atoms with Crippen molar-refractivity contribution in [1.29, 1.82) is 0 Å². The zero-order chi connectivity index (χ0) is 17.1. The third kappa shape index (κ3) is 2.62. The average molecular weight is 367 g/mol. The van der Waals surface area contributed by atoms with Gasteiger partial charge < -0.3 is 0 Å². The van der Waals surface area contributed by atoms with Crippen LogP contribution in [0.3, 0.4) is 0 Å². The maximum atomic E-state index is 12.7. The zero-order valence-electron chi connectivity index (χ0n) is 13.9. The van der Waals surface area contributed by atoms with Gasteiger partial charge in [0, 0.05) is 12.1 Å². The third-order valence-corrected chi connectivity index (χ3v) is 7.86. The summed E-state index contributed by atoms with van der Waals surface area (Å²) in [5.74, 6) is 1.18. The molecular formula is C17H22N2O3S2. The molecule has 2 aromatic rings. The molecule has 0 aliphatic heterocycles. The van der Waals surface area contributed by atoms with Crippen molar-refractivity contribution in [2.75, 3.05) is 0 Å². The molecule has 3 atom stereocenters. The Morgan fingerprint density at radius 3 is 2.67 bits per heavy atom.